The Morgan fingerprint density at radius 1 is 1.20 bits per heavy atom. The molecular formula is C11H16O4. The van der Waals surface area contributed by atoms with Crippen molar-refractivity contribution in [3.63, 3.8) is 0 Å². The van der Waals surface area contributed by atoms with Crippen LogP contribution in [0.1, 0.15) is 20.8 Å². The lowest BCUT2D eigenvalue weighted by Crippen LogP contribution is -2.00. The van der Waals surface area contributed by atoms with Gasteiger partial charge in [-0.15, -0.1) is 0 Å². The van der Waals surface area contributed by atoms with Crippen LogP contribution in [0, 0.1) is 5.92 Å². The first-order chi connectivity index (χ1) is 6.95. The molecule has 0 saturated carbocycles. The second kappa shape index (κ2) is 6.81. The summed E-state index contributed by atoms with van der Waals surface area (Å²) in [5, 5.41) is 0. The minimum atomic E-state index is -0.489. The highest BCUT2D eigenvalue weighted by Gasteiger charge is 2.01. The van der Waals surface area contributed by atoms with Gasteiger partial charge >= 0.3 is 11.9 Å². The van der Waals surface area contributed by atoms with E-state index < -0.39 is 11.9 Å². The Hall–Kier alpha value is -1.58. The first-order valence-corrected chi connectivity index (χ1v) is 4.62. The Bertz CT molecular complexity index is 287. The van der Waals surface area contributed by atoms with Crippen LogP contribution < -0.4 is 0 Å². The van der Waals surface area contributed by atoms with Crippen LogP contribution >= 0.6 is 0 Å². The van der Waals surface area contributed by atoms with E-state index in [0.29, 0.717) is 5.76 Å². The SMILES string of the molecule is COC(=O)/C=C/C(=C/C(C)C)OC(C)=O. The van der Waals surface area contributed by atoms with E-state index >= 15 is 0 Å². The van der Waals surface area contributed by atoms with Crippen LogP contribution in [-0.4, -0.2) is 19.0 Å². The standard InChI is InChI=1S/C11H16O4/c1-8(2)7-10(15-9(3)12)5-6-11(13)14-4/h5-8H,1-4H3/b6-5+,10-7-. The summed E-state index contributed by atoms with van der Waals surface area (Å²) >= 11 is 0. The maximum atomic E-state index is 10.8. The number of methoxy groups -OCH3 is 1. The number of allylic oxidation sites excluding steroid dienone is 2. The molecule has 0 rings (SSSR count). The molecule has 0 aromatic rings. The van der Waals surface area contributed by atoms with E-state index in [1.54, 1.807) is 6.08 Å². The number of esters is 2. The van der Waals surface area contributed by atoms with Gasteiger partial charge in [-0.05, 0) is 18.1 Å². The Kier molecular flexibility index (Phi) is 6.09. The highest BCUT2D eigenvalue weighted by molar-refractivity contribution is 5.82. The number of carbonyl (C=O) groups excluding carboxylic acids is 2. The van der Waals surface area contributed by atoms with Crippen LogP contribution in [0.25, 0.3) is 0 Å². The molecule has 0 atom stereocenters. The van der Waals surface area contributed by atoms with Crippen LogP contribution in [-0.2, 0) is 19.1 Å². The highest BCUT2D eigenvalue weighted by atomic mass is 16.5. The van der Waals surface area contributed by atoms with Crippen LogP contribution in [0.2, 0.25) is 0 Å². The fraction of sp³-hybridized carbons (Fsp3) is 0.455. The quantitative estimate of drug-likeness (QED) is 0.309. The van der Waals surface area contributed by atoms with E-state index in [1.807, 2.05) is 13.8 Å². The van der Waals surface area contributed by atoms with Gasteiger partial charge in [0.2, 0.25) is 0 Å². The van der Waals surface area contributed by atoms with Gasteiger partial charge in [-0.3, -0.25) is 4.79 Å². The summed E-state index contributed by atoms with van der Waals surface area (Å²) in [6.07, 6.45) is 4.35. The van der Waals surface area contributed by atoms with Crippen molar-refractivity contribution < 1.29 is 19.1 Å². The van der Waals surface area contributed by atoms with Crippen LogP contribution in [0.15, 0.2) is 24.0 Å². The lowest BCUT2D eigenvalue weighted by molar-refractivity contribution is -0.137. The molecule has 84 valence electrons. The molecule has 0 aliphatic heterocycles. The minimum absolute atomic E-state index is 0.224. The van der Waals surface area contributed by atoms with Crippen molar-refractivity contribution in [2.24, 2.45) is 5.92 Å². The molecule has 0 N–H and O–H groups in total. The van der Waals surface area contributed by atoms with Crippen molar-refractivity contribution in [1.29, 1.82) is 0 Å². The Labute approximate surface area is 89.6 Å². The summed E-state index contributed by atoms with van der Waals surface area (Å²) in [4.78, 5) is 21.5. The van der Waals surface area contributed by atoms with Gasteiger partial charge in [0, 0.05) is 13.0 Å². The predicted octanol–water partition coefficient (Wildman–Crippen LogP) is 1.82. The molecule has 4 heteroatoms. The fourth-order valence-electron chi connectivity index (χ4n) is 0.836. The topological polar surface area (TPSA) is 52.6 Å². The molecule has 0 fully saturated rings. The molecule has 0 aromatic heterocycles. The molecule has 0 bridgehead atoms. The lowest BCUT2D eigenvalue weighted by atomic mass is 10.2. The third-order valence-electron chi connectivity index (χ3n) is 1.34. The van der Waals surface area contributed by atoms with Gasteiger partial charge in [0.25, 0.3) is 0 Å². The van der Waals surface area contributed by atoms with Gasteiger partial charge in [0.15, 0.2) is 0 Å². The third-order valence-corrected chi connectivity index (χ3v) is 1.34. The van der Waals surface area contributed by atoms with Crippen molar-refractivity contribution in [3.8, 4) is 0 Å². The second-order valence-corrected chi connectivity index (χ2v) is 3.26. The van der Waals surface area contributed by atoms with Crippen molar-refractivity contribution >= 4 is 11.9 Å². The molecule has 0 aromatic carbocycles. The van der Waals surface area contributed by atoms with Gasteiger partial charge in [0.1, 0.15) is 5.76 Å². The summed E-state index contributed by atoms with van der Waals surface area (Å²) in [6, 6.07) is 0. The zero-order valence-corrected chi connectivity index (χ0v) is 9.44. The normalized spacial score (nSPS) is 11.9. The van der Waals surface area contributed by atoms with Crippen molar-refractivity contribution in [3.05, 3.63) is 24.0 Å². The Morgan fingerprint density at radius 2 is 1.80 bits per heavy atom. The summed E-state index contributed by atoms with van der Waals surface area (Å²) in [7, 11) is 1.28. The predicted molar refractivity (Wildman–Crippen MR) is 55.8 cm³/mol. The summed E-state index contributed by atoms with van der Waals surface area (Å²) in [5.74, 6) is -0.335. The molecule has 4 nitrogen and oxygen atoms in total. The molecule has 15 heavy (non-hydrogen) atoms. The van der Waals surface area contributed by atoms with Crippen LogP contribution in [0.4, 0.5) is 0 Å². The van der Waals surface area contributed by atoms with Crippen molar-refractivity contribution in [2.45, 2.75) is 20.8 Å². The first-order valence-electron chi connectivity index (χ1n) is 4.62. The number of carbonyl (C=O) groups is 2. The van der Waals surface area contributed by atoms with Crippen molar-refractivity contribution in [1.82, 2.24) is 0 Å². The van der Waals surface area contributed by atoms with Gasteiger partial charge < -0.3 is 9.47 Å². The molecule has 0 amide bonds. The molecular weight excluding hydrogens is 196 g/mol. The number of hydrogen-bond donors (Lipinski definition) is 0. The highest BCUT2D eigenvalue weighted by Crippen LogP contribution is 2.06. The smallest absolute Gasteiger partial charge is 0.330 e. The summed E-state index contributed by atoms with van der Waals surface area (Å²) in [5.41, 5.74) is 0. The largest absolute Gasteiger partial charge is 0.466 e. The third kappa shape index (κ3) is 7.49. The van der Waals surface area contributed by atoms with Crippen LogP contribution in [0.5, 0.6) is 0 Å². The molecule has 0 spiro atoms. The zero-order valence-electron chi connectivity index (χ0n) is 9.44. The number of hydrogen-bond acceptors (Lipinski definition) is 4. The van der Waals surface area contributed by atoms with Crippen molar-refractivity contribution in [2.75, 3.05) is 7.11 Å². The average molecular weight is 212 g/mol. The van der Waals surface area contributed by atoms with Gasteiger partial charge in [-0.25, -0.2) is 4.79 Å². The van der Waals surface area contributed by atoms with Gasteiger partial charge in [-0.1, -0.05) is 13.8 Å². The molecule has 0 aliphatic rings. The molecule has 0 radical (unpaired) electrons. The average Bonchev–Trinajstić information content (AvgIpc) is 2.11. The summed E-state index contributed by atoms with van der Waals surface area (Å²) in [6.45, 7) is 5.19. The molecule has 0 saturated heterocycles. The summed E-state index contributed by atoms with van der Waals surface area (Å²) < 4.78 is 9.30. The van der Waals surface area contributed by atoms with E-state index in [0.717, 1.165) is 0 Å². The van der Waals surface area contributed by atoms with Gasteiger partial charge in [-0.2, -0.15) is 0 Å². The second-order valence-electron chi connectivity index (χ2n) is 3.26. The fourth-order valence-corrected chi connectivity index (χ4v) is 0.836. The van der Waals surface area contributed by atoms with Gasteiger partial charge in [0.05, 0.1) is 7.11 Å². The van der Waals surface area contributed by atoms with E-state index in [1.165, 1.54) is 26.2 Å². The maximum absolute atomic E-state index is 10.8. The minimum Gasteiger partial charge on any atom is -0.466 e. The first kappa shape index (κ1) is 13.4. The lowest BCUT2D eigenvalue weighted by Gasteiger charge is -2.03. The maximum Gasteiger partial charge on any atom is 0.330 e. The Morgan fingerprint density at radius 3 is 2.20 bits per heavy atom. The zero-order chi connectivity index (χ0) is 11.8. The molecule has 0 aliphatic carbocycles. The molecule has 0 unspecified atom stereocenters. The number of rotatable bonds is 4. The van der Waals surface area contributed by atoms with E-state index in [-0.39, 0.29) is 5.92 Å². The van der Waals surface area contributed by atoms with Crippen LogP contribution in [0.3, 0.4) is 0 Å². The van der Waals surface area contributed by atoms with E-state index in [9.17, 15) is 9.59 Å². The van der Waals surface area contributed by atoms with E-state index in [2.05, 4.69) is 4.74 Å². The van der Waals surface area contributed by atoms with E-state index in [4.69, 9.17) is 4.74 Å². The number of ether oxygens (including phenoxy) is 2. The monoisotopic (exact) mass is 212 g/mol. The Balaban J connectivity index is 4.58. The molecule has 0 heterocycles.